The molecule has 0 fully saturated rings. The summed E-state index contributed by atoms with van der Waals surface area (Å²) < 4.78 is 1.01. The number of unbranched alkanes of at least 4 members (excludes halogenated alkanes) is 17. The van der Waals surface area contributed by atoms with E-state index in [1.165, 1.54) is 128 Å². The molecular formula is C30H56NO+. The third-order valence-electron chi connectivity index (χ3n) is 7.00. The number of hydrogen-bond acceptors (Lipinski definition) is 1. The van der Waals surface area contributed by atoms with E-state index in [1.807, 2.05) is 12.1 Å². The second-order valence-electron chi connectivity index (χ2n) is 10.8. The lowest BCUT2D eigenvalue weighted by Crippen LogP contribution is -2.39. The molecule has 0 heterocycles. The van der Waals surface area contributed by atoms with E-state index < -0.39 is 0 Å². The van der Waals surface area contributed by atoms with Crippen molar-refractivity contribution in [2.75, 3.05) is 20.6 Å². The SMILES string of the molecule is CCCCCCCCCCCCCCCCCCCC[N+](C)(C)Cc1ccccc1CO. The van der Waals surface area contributed by atoms with Crippen LogP contribution in [0, 0.1) is 0 Å². The first-order chi connectivity index (χ1) is 15.6. The lowest BCUT2D eigenvalue weighted by Gasteiger charge is -2.30. The van der Waals surface area contributed by atoms with Crippen molar-refractivity contribution in [2.45, 2.75) is 136 Å². The van der Waals surface area contributed by atoms with E-state index >= 15 is 0 Å². The third-order valence-corrected chi connectivity index (χ3v) is 7.00. The molecule has 0 spiro atoms. The van der Waals surface area contributed by atoms with Crippen LogP contribution in [0.15, 0.2) is 24.3 Å². The molecule has 0 aliphatic carbocycles. The van der Waals surface area contributed by atoms with Gasteiger partial charge in [-0.2, -0.15) is 0 Å². The number of rotatable bonds is 22. The molecule has 2 heteroatoms. The molecule has 0 saturated heterocycles. The van der Waals surface area contributed by atoms with Gasteiger partial charge in [0, 0.05) is 5.56 Å². The molecule has 0 amide bonds. The molecule has 0 aliphatic rings. The minimum absolute atomic E-state index is 0.148. The van der Waals surface area contributed by atoms with Crippen LogP contribution in [0.25, 0.3) is 0 Å². The van der Waals surface area contributed by atoms with Crippen molar-refractivity contribution >= 4 is 0 Å². The van der Waals surface area contributed by atoms with Crippen molar-refractivity contribution in [2.24, 2.45) is 0 Å². The van der Waals surface area contributed by atoms with Gasteiger partial charge in [0.1, 0.15) is 6.54 Å². The summed E-state index contributed by atoms with van der Waals surface area (Å²) >= 11 is 0. The summed E-state index contributed by atoms with van der Waals surface area (Å²) in [6.07, 6.45) is 25.8. The summed E-state index contributed by atoms with van der Waals surface area (Å²) in [6.45, 7) is 4.67. The van der Waals surface area contributed by atoms with Gasteiger partial charge in [-0.25, -0.2) is 0 Å². The van der Waals surface area contributed by atoms with Crippen LogP contribution < -0.4 is 0 Å². The van der Waals surface area contributed by atoms with Gasteiger partial charge in [-0.1, -0.05) is 134 Å². The zero-order chi connectivity index (χ0) is 23.3. The van der Waals surface area contributed by atoms with Crippen LogP contribution in [-0.2, 0) is 13.2 Å². The van der Waals surface area contributed by atoms with Crippen LogP contribution >= 0.6 is 0 Å². The average Bonchev–Trinajstić information content (AvgIpc) is 2.78. The monoisotopic (exact) mass is 446 g/mol. The van der Waals surface area contributed by atoms with Crippen LogP contribution in [0.3, 0.4) is 0 Å². The molecule has 0 aromatic heterocycles. The van der Waals surface area contributed by atoms with Gasteiger partial charge in [0.2, 0.25) is 0 Å². The van der Waals surface area contributed by atoms with Crippen molar-refractivity contribution < 1.29 is 9.59 Å². The molecule has 1 aromatic rings. The van der Waals surface area contributed by atoms with Crippen molar-refractivity contribution in [3.05, 3.63) is 35.4 Å². The molecule has 0 unspecified atom stereocenters. The van der Waals surface area contributed by atoms with Crippen molar-refractivity contribution in [1.82, 2.24) is 0 Å². The van der Waals surface area contributed by atoms with Gasteiger partial charge in [-0.05, 0) is 18.4 Å². The lowest BCUT2D eigenvalue weighted by molar-refractivity contribution is -0.903. The highest BCUT2D eigenvalue weighted by Gasteiger charge is 2.17. The summed E-state index contributed by atoms with van der Waals surface area (Å²) in [6, 6.07) is 8.32. The van der Waals surface area contributed by atoms with E-state index in [2.05, 4.69) is 33.2 Å². The van der Waals surface area contributed by atoms with E-state index in [0.29, 0.717) is 0 Å². The van der Waals surface area contributed by atoms with Crippen LogP contribution in [-0.4, -0.2) is 30.2 Å². The first-order valence-corrected chi connectivity index (χ1v) is 14.1. The minimum Gasteiger partial charge on any atom is -0.392 e. The van der Waals surface area contributed by atoms with E-state index in [1.54, 1.807) is 0 Å². The number of benzene rings is 1. The Morgan fingerprint density at radius 3 is 1.34 bits per heavy atom. The molecule has 0 atom stereocenters. The standard InChI is InChI=1S/C30H56NO/c1-4-5-6-7-8-9-10-11-12-13-14-15-16-17-18-19-20-23-26-31(2,3)27-29-24-21-22-25-30(29)28-32/h21-22,24-25,32H,4-20,23,26-28H2,1-3H3/q+1. The van der Waals surface area contributed by atoms with Gasteiger partial charge in [0.25, 0.3) is 0 Å². The Labute approximate surface area is 201 Å². The molecule has 1 N–H and O–H groups in total. The van der Waals surface area contributed by atoms with Gasteiger partial charge < -0.3 is 9.59 Å². The molecule has 1 aromatic carbocycles. The Kier molecular flexibility index (Phi) is 17.9. The van der Waals surface area contributed by atoms with Crippen molar-refractivity contribution in [3.63, 3.8) is 0 Å². The summed E-state index contributed by atoms with van der Waals surface area (Å²) in [5.74, 6) is 0. The highest BCUT2D eigenvalue weighted by molar-refractivity contribution is 5.25. The molecule has 0 bridgehead atoms. The summed E-state index contributed by atoms with van der Waals surface area (Å²) in [4.78, 5) is 0. The first-order valence-electron chi connectivity index (χ1n) is 14.1. The fourth-order valence-corrected chi connectivity index (χ4v) is 4.85. The largest absolute Gasteiger partial charge is 0.392 e. The molecule has 0 aliphatic heterocycles. The molecule has 1 rings (SSSR count). The van der Waals surface area contributed by atoms with Crippen LogP contribution in [0.2, 0.25) is 0 Å². The normalized spacial score (nSPS) is 11.9. The van der Waals surface area contributed by atoms with Gasteiger partial charge in [0.15, 0.2) is 0 Å². The second kappa shape index (κ2) is 19.6. The van der Waals surface area contributed by atoms with Crippen LogP contribution in [0.1, 0.15) is 134 Å². The average molecular weight is 447 g/mol. The maximum absolute atomic E-state index is 9.55. The van der Waals surface area contributed by atoms with E-state index in [0.717, 1.165) is 16.6 Å². The quantitative estimate of drug-likeness (QED) is 0.139. The summed E-state index contributed by atoms with van der Waals surface area (Å²) in [7, 11) is 4.64. The predicted octanol–water partition coefficient (Wildman–Crippen LogP) is 8.80. The van der Waals surface area contributed by atoms with Crippen molar-refractivity contribution in [3.8, 4) is 0 Å². The van der Waals surface area contributed by atoms with E-state index in [4.69, 9.17) is 0 Å². The van der Waals surface area contributed by atoms with Crippen LogP contribution in [0.5, 0.6) is 0 Å². The van der Waals surface area contributed by atoms with E-state index in [-0.39, 0.29) is 6.61 Å². The number of hydrogen-bond donors (Lipinski definition) is 1. The third kappa shape index (κ3) is 15.9. The number of quaternary nitrogens is 1. The van der Waals surface area contributed by atoms with Gasteiger partial charge >= 0.3 is 0 Å². The van der Waals surface area contributed by atoms with Gasteiger partial charge in [-0.15, -0.1) is 0 Å². The molecule has 32 heavy (non-hydrogen) atoms. The fraction of sp³-hybridized carbons (Fsp3) is 0.800. The van der Waals surface area contributed by atoms with Gasteiger partial charge in [0.05, 0.1) is 27.2 Å². The highest BCUT2D eigenvalue weighted by Crippen LogP contribution is 2.17. The second-order valence-corrected chi connectivity index (χ2v) is 10.8. The minimum atomic E-state index is 0.148. The lowest BCUT2D eigenvalue weighted by atomic mass is 10.0. The topological polar surface area (TPSA) is 20.2 Å². The highest BCUT2D eigenvalue weighted by atomic mass is 16.3. The maximum atomic E-state index is 9.55. The number of aliphatic hydroxyl groups is 1. The fourth-order valence-electron chi connectivity index (χ4n) is 4.85. The number of aliphatic hydroxyl groups excluding tert-OH is 1. The number of nitrogens with zero attached hydrogens (tertiary/aromatic N) is 1. The summed E-state index contributed by atoms with van der Waals surface area (Å²) in [5.41, 5.74) is 2.37. The zero-order valence-corrected chi connectivity index (χ0v) is 22.1. The zero-order valence-electron chi connectivity index (χ0n) is 22.1. The molecule has 0 saturated carbocycles. The van der Waals surface area contributed by atoms with Crippen LogP contribution in [0.4, 0.5) is 0 Å². The molecule has 186 valence electrons. The smallest absolute Gasteiger partial charge is 0.104 e. The molecule has 2 nitrogen and oxygen atoms in total. The maximum Gasteiger partial charge on any atom is 0.104 e. The van der Waals surface area contributed by atoms with E-state index in [9.17, 15) is 5.11 Å². The molecular weight excluding hydrogens is 390 g/mol. The Bertz CT molecular complexity index is 539. The first kappa shape index (κ1) is 29.2. The Morgan fingerprint density at radius 2 is 0.938 bits per heavy atom. The van der Waals surface area contributed by atoms with Gasteiger partial charge in [-0.3, -0.25) is 0 Å². The Balaban J connectivity index is 1.87. The predicted molar refractivity (Wildman–Crippen MR) is 142 cm³/mol. The summed E-state index contributed by atoms with van der Waals surface area (Å²) in [5, 5.41) is 9.55. The Hall–Kier alpha value is -0.860. The van der Waals surface area contributed by atoms with Crippen molar-refractivity contribution in [1.29, 1.82) is 0 Å². The Morgan fingerprint density at radius 1 is 0.562 bits per heavy atom. The molecule has 0 radical (unpaired) electrons.